The molecule has 0 radical (unpaired) electrons. The molecule has 4 aromatic rings. The summed E-state index contributed by atoms with van der Waals surface area (Å²) in [6.07, 6.45) is 11.1. The lowest BCUT2D eigenvalue weighted by molar-refractivity contribution is 0.141. The number of rotatable bonds is 17. The average molecular weight is 733 g/mol. The first-order chi connectivity index (χ1) is 24.5. The molecule has 1 aromatic carbocycles. The third-order valence-corrected chi connectivity index (χ3v) is 14.4. The first kappa shape index (κ1) is 40.9. The van der Waals surface area contributed by atoms with Crippen molar-refractivity contribution in [2.45, 2.75) is 149 Å². The van der Waals surface area contributed by atoms with Crippen LogP contribution in [0.2, 0.25) is 18.1 Å². The van der Waals surface area contributed by atoms with Crippen LogP contribution in [0.15, 0.2) is 60.9 Å². The molecular weight excluding hydrogens is 672 g/mol. The highest BCUT2D eigenvalue weighted by Crippen LogP contribution is 2.38. The van der Waals surface area contributed by atoms with Gasteiger partial charge < -0.3 is 14.5 Å². The van der Waals surface area contributed by atoms with Crippen LogP contribution in [0.3, 0.4) is 0 Å². The minimum Gasteiger partial charge on any atom is -0.444 e. The van der Waals surface area contributed by atoms with E-state index in [1.807, 2.05) is 69.4 Å². The molecule has 0 aliphatic carbocycles. The number of ether oxygens (including phenoxy) is 1. The number of carbonyl (C=O) groups excluding carboxylic acids is 1. The normalized spacial score (nSPS) is 13.1. The number of pyridine rings is 1. The van der Waals surface area contributed by atoms with Gasteiger partial charge in [-0.3, -0.25) is 4.90 Å². The van der Waals surface area contributed by atoms with Gasteiger partial charge in [0.1, 0.15) is 24.5 Å². The Hall–Kier alpha value is -3.83. The number of nitrogens with one attached hydrogen (secondary N) is 1. The molecule has 0 saturated carbocycles. The van der Waals surface area contributed by atoms with Crippen molar-refractivity contribution in [1.29, 1.82) is 0 Å². The van der Waals surface area contributed by atoms with E-state index in [9.17, 15) is 9.18 Å². The molecule has 11 heteroatoms. The van der Waals surface area contributed by atoms with Gasteiger partial charge in [0, 0.05) is 23.4 Å². The van der Waals surface area contributed by atoms with Crippen LogP contribution in [-0.4, -0.2) is 45.8 Å². The van der Waals surface area contributed by atoms with Crippen LogP contribution in [0.1, 0.15) is 123 Å². The van der Waals surface area contributed by atoms with Gasteiger partial charge in [-0.1, -0.05) is 96.7 Å². The minimum absolute atomic E-state index is 0.0251. The van der Waals surface area contributed by atoms with Gasteiger partial charge in [0.25, 0.3) is 0 Å². The maximum absolute atomic E-state index is 13.9. The van der Waals surface area contributed by atoms with Crippen molar-refractivity contribution in [1.82, 2.24) is 19.6 Å². The van der Waals surface area contributed by atoms with Gasteiger partial charge in [-0.05, 0) is 87.7 Å². The van der Waals surface area contributed by atoms with Crippen LogP contribution in [-0.2, 0) is 22.2 Å². The van der Waals surface area contributed by atoms with Crippen molar-refractivity contribution in [2.24, 2.45) is 0 Å². The lowest BCUT2D eigenvalue weighted by Crippen LogP contribution is -2.47. The molecule has 1 atom stereocenters. The number of hydrogen-bond donors (Lipinski definition) is 1. The van der Waals surface area contributed by atoms with E-state index < -0.39 is 25.9 Å². The van der Waals surface area contributed by atoms with Crippen molar-refractivity contribution in [3.05, 3.63) is 83.6 Å². The molecule has 9 nitrogen and oxygen atoms in total. The Labute approximate surface area is 311 Å². The van der Waals surface area contributed by atoms with Crippen molar-refractivity contribution < 1.29 is 18.3 Å². The van der Waals surface area contributed by atoms with Gasteiger partial charge in [0.05, 0.1) is 6.20 Å². The second kappa shape index (κ2) is 17.8. The summed E-state index contributed by atoms with van der Waals surface area (Å²) < 4.78 is 27.8. The summed E-state index contributed by atoms with van der Waals surface area (Å²) in [6.45, 7) is 21.7. The number of nitrogens with zero attached hydrogens (tertiary/aromatic N) is 5. The SMILES string of the molecule is CC(C)c1cnn2c(N(C(=O)OCc3ccccc3)C(C)(C)C)cc(N[C@@H](CCCCCCCCc3ccc(F)nc3)O[Si](C)(C)C(C)(C)C)nc12. The Bertz CT molecular complexity index is 1710. The zero-order chi connectivity index (χ0) is 38.1. The summed E-state index contributed by atoms with van der Waals surface area (Å²) in [4.78, 5) is 24.4. The second-order valence-electron chi connectivity index (χ2n) is 16.7. The molecule has 0 bridgehead atoms. The van der Waals surface area contributed by atoms with Gasteiger partial charge in [0.15, 0.2) is 14.0 Å². The van der Waals surface area contributed by atoms with E-state index in [4.69, 9.17) is 19.2 Å². The Morgan fingerprint density at radius 1 is 0.923 bits per heavy atom. The Kier molecular flexibility index (Phi) is 14.0. The average Bonchev–Trinajstić information content (AvgIpc) is 3.50. The molecular formula is C41H61FN6O3Si. The van der Waals surface area contributed by atoms with E-state index in [1.54, 1.807) is 15.6 Å². The predicted octanol–water partition coefficient (Wildman–Crippen LogP) is 11.1. The molecule has 52 heavy (non-hydrogen) atoms. The predicted molar refractivity (Wildman–Crippen MR) is 212 cm³/mol. The molecule has 0 unspecified atom stereocenters. The second-order valence-corrected chi connectivity index (χ2v) is 21.5. The molecule has 3 aromatic heterocycles. The number of hydrogen-bond acceptors (Lipinski definition) is 7. The van der Waals surface area contributed by atoms with E-state index in [0.29, 0.717) is 17.3 Å². The molecule has 0 aliphatic rings. The smallest absolute Gasteiger partial charge is 0.416 e. The number of aromatic nitrogens is 4. The van der Waals surface area contributed by atoms with Crippen molar-refractivity contribution in [3.63, 3.8) is 0 Å². The summed E-state index contributed by atoms with van der Waals surface area (Å²) in [7, 11) is -2.16. The Balaban J connectivity index is 1.54. The fraction of sp³-hybridized carbons (Fsp3) is 0.561. The fourth-order valence-electron chi connectivity index (χ4n) is 5.88. The highest BCUT2D eigenvalue weighted by atomic mass is 28.4. The van der Waals surface area contributed by atoms with Crippen LogP contribution in [0.5, 0.6) is 0 Å². The fourth-order valence-corrected chi connectivity index (χ4v) is 7.12. The van der Waals surface area contributed by atoms with E-state index >= 15 is 0 Å². The number of fused-ring (bicyclic) bond motifs is 1. The molecule has 1 N–H and O–H groups in total. The van der Waals surface area contributed by atoms with Gasteiger partial charge in [-0.25, -0.2) is 14.8 Å². The van der Waals surface area contributed by atoms with Crippen LogP contribution in [0.25, 0.3) is 5.65 Å². The standard InChI is InChI=1S/C41H61FN6O3Si/c1-30(2)33-28-44-48-37(47(40(3,4)5)39(49)50-29-32-21-17-15-18-22-32)26-35(46-38(33)48)45-36(51-52(9,10)41(6,7)8)23-19-14-12-11-13-16-20-31-24-25-34(42)43-27-31/h15,17-18,21-22,24-28,30,36H,11-14,16,19-20,23,29H2,1-10H3,(H,45,46)/t36-/m1/s1. The summed E-state index contributed by atoms with van der Waals surface area (Å²) in [5.41, 5.74) is 3.06. The van der Waals surface area contributed by atoms with Crippen LogP contribution in [0.4, 0.5) is 20.8 Å². The van der Waals surface area contributed by atoms with E-state index in [1.165, 1.54) is 6.07 Å². The number of benzene rings is 1. The summed E-state index contributed by atoms with van der Waals surface area (Å²) in [5.74, 6) is 0.952. The largest absolute Gasteiger partial charge is 0.444 e. The molecule has 3 heterocycles. The summed E-state index contributed by atoms with van der Waals surface area (Å²) in [5, 5.41) is 8.44. The number of aryl methyl sites for hydroxylation is 1. The number of halogens is 1. The lowest BCUT2D eigenvalue weighted by atomic mass is 10.1. The zero-order valence-corrected chi connectivity index (χ0v) is 34.1. The summed E-state index contributed by atoms with van der Waals surface area (Å²) in [6, 6.07) is 14.9. The van der Waals surface area contributed by atoms with Gasteiger partial charge in [-0.2, -0.15) is 14.0 Å². The highest BCUT2D eigenvalue weighted by Gasteiger charge is 2.39. The summed E-state index contributed by atoms with van der Waals surface area (Å²) >= 11 is 0. The van der Waals surface area contributed by atoms with Crippen LogP contribution in [0, 0.1) is 5.95 Å². The lowest BCUT2D eigenvalue weighted by Gasteiger charge is -2.39. The Morgan fingerprint density at radius 2 is 1.60 bits per heavy atom. The van der Waals surface area contributed by atoms with Crippen molar-refractivity contribution >= 4 is 31.7 Å². The maximum atomic E-state index is 13.9. The number of unbranched alkanes of at least 4 members (excludes halogenated alkanes) is 5. The van der Waals surface area contributed by atoms with Crippen LogP contribution < -0.4 is 10.2 Å². The third-order valence-electron chi connectivity index (χ3n) is 9.91. The number of carbonyl (C=O) groups is 1. The van der Waals surface area contributed by atoms with Gasteiger partial charge in [0.2, 0.25) is 5.95 Å². The molecule has 0 spiro atoms. The van der Waals surface area contributed by atoms with Crippen molar-refractivity contribution in [3.8, 4) is 0 Å². The monoisotopic (exact) mass is 732 g/mol. The topological polar surface area (TPSA) is 93.9 Å². The maximum Gasteiger partial charge on any atom is 0.416 e. The minimum atomic E-state index is -2.16. The first-order valence-corrected chi connectivity index (χ1v) is 21.8. The van der Waals surface area contributed by atoms with Gasteiger partial charge in [-0.15, -0.1) is 0 Å². The van der Waals surface area contributed by atoms with Crippen LogP contribution >= 0.6 is 0 Å². The zero-order valence-electron chi connectivity index (χ0n) is 33.1. The molecule has 0 fully saturated rings. The van der Waals surface area contributed by atoms with E-state index in [-0.39, 0.29) is 23.8 Å². The molecule has 284 valence electrons. The van der Waals surface area contributed by atoms with E-state index in [0.717, 1.165) is 68.1 Å². The highest BCUT2D eigenvalue weighted by molar-refractivity contribution is 6.74. The van der Waals surface area contributed by atoms with E-state index in [2.05, 4.69) is 58.0 Å². The number of anilines is 2. The number of amides is 1. The van der Waals surface area contributed by atoms with Gasteiger partial charge >= 0.3 is 6.09 Å². The molecule has 0 aliphatic heterocycles. The molecule has 0 saturated heterocycles. The molecule has 4 rings (SSSR count). The quantitative estimate of drug-likeness (QED) is 0.0500. The Morgan fingerprint density at radius 3 is 2.21 bits per heavy atom. The molecule has 1 amide bonds. The van der Waals surface area contributed by atoms with Crippen molar-refractivity contribution in [2.75, 3.05) is 10.2 Å². The third kappa shape index (κ3) is 11.3. The first-order valence-electron chi connectivity index (χ1n) is 18.9.